The van der Waals surface area contributed by atoms with E-state index >= 15 is 0 Å². The van der Waals surface area contributed by atoms with E-state index in [1.54, 1.807) is 20.8 Å². The number of carbonyl (C=O) groups is 2. The molecule has 1 aliphatic rings. The highest BCUT2D eigenvalue weighted by atomic mass is 16.6. The summed E-state index contributed by atoms with van der Waals surface area (Å²) < 4.78 is 16.0. The van der Waals surface area contributed by atoms with Crippen LogP contribution in [0, 0.1) is 0 Å². The second kappa shape index (κ2) is 7.81. The predicted molar refractivity (Wildman–Crippen MR) is 82.6 cm³/mol. The number of carbonyl (C=O) groups excluding carboxylic acids is 2. The number of hydrogen-bond acceptors (Lipinski definition) is 5. The van der Waals surface area contributed by atoms with Gasteiger partial charge in [0.05, 0.1) is 13.7 Å². The number of rotatable bonds is 6. The highest BCUT2D eigenvalue weighted by molar-refractivity contribution is 5.86. The summed E-state index contributed by atoms with van der Waals surface area (Å²) in [6.07, 6.45) is 2.70. The number of amides is 1. The molecule has 0 unspecified atom stereocenters. The molecule has 1 fully saturated rings. The quantitative estimate of drug-likeness (QED) is 0.557. The molecular weight excluding hydrogens is 286 g/mol. The van der Waals surface area contributed by atoms with Crippen LogP contribution in [0.5, 0.6) is 0 Å². The molecule has 0 aromatic heterocycles. The van der Waals surface area contributed by atoms with Crippen LogP contribution in [0.3, 0.4) is 0 Å². The summed E-state index contributed by atoms with van der Waals surface area (Å²) in [6.45, 7) is 8.68. The zero-order chi connectivity index (χ0) is 16.8. The van der Waals surface area contributed by atoms with Crippen LogP contribution in [-0.2, 0) is 19.0 Å². The van der Waals surface area contributed by atoms with Crippen LogP contribution in [-0.4, -0.2) is 55.0 Å². The minimum atomic E-state index is -1.06. The maximum atomic E-state index is 12.4. The van der Waals surface area contributed by atoms with Gasteiger partial charge in [-0.2, -0.15) is 0 Å². The lowest BCUT2D eigenvalue weighted by molar-refractivity contribution is -0.157. The third-order valence-corrected chi connectivity index (χ3v) is 3.65. The molecule has 0 aromatic rings. The van der Waals surface area contributed by atoms with Gasteiger partial charge in [-0.25, -0.2) is 9.59 Å². The second-order valence-electron chi connectivity index (χ2n) is 6.66. The van der Waals surface area contributed by atoms with Gasteiger partial charge in [0.2, 0.25) is 0 Å². The van der Waals surface area contributed by atoms with Crippen molar-refractivity contribution in [3.8, 4) is 0 Å². The van der Waals surface area contributed by atoms with Crippen LogP contribution >= 0.6 is 0 Å². The van der Waals surface area contributed by atoms with Crippen molar-refractivity contribution in [3.05, 3.63) is 0 Å². The van der Waals surface area contributed by atoms with Crippen LogP contribution in [0.15, 0.2) is 0 Å². The smallest absolute Gasteiger partial charge is 0.411 e. The molecular formula is C16H29NO5. The van der Waals surface area contributed by atoms with Crippen molar-refractivity contribution in [2.45, 2.75) is 64.5 Å². The molecule has 0 aliphatic carbocycles. The first-order valence-electron chi connectivity index (χ1n) is 7.93. The molecule has 1 saturated heterocycles. The minimum Gasteiger partial charge on any atom is -0.467 e. The maximum absolute atomic E-state index is 12.4. The minimum absolute atomic E-state index is 0.152. The Morgan fingerprint density at radius 2 is 1.95 bits per heavy atom. The summed E-state index contributed by atoms with van der Waals surface area (Å²) in [5.41, 5.74) is -1.67. The fourth-order valence-corrected chi connectivity index (χ4v) is 2.56. The Hall–Kier alpha value is -1.30. The highest BCUT2D eigenvalue weighted by Crippen LogP contribution is 2.32. The zero-order valence-corrected chi connectivity index (χ0v) is 14.4. The van der Waals surface area contributed by atoms with Gasteiger partial charge < -0.3 is 14.2 Å². The van der Waals surface area contributed by atoms with Gasteiger partial charge in [-0.15, -0.1) is 0 Å². The van der Waals surface area contributed by atoms with Crippen molar-refractivity contribution >= 4 is 12.1 Å². The first-order chi connectivity index (χ1) is 10.3. The van der Waals surface area contributed by atoms with E-state index in [1.165, 1.54) is 12.0 Å². The van der Waals surface area contributed by atoms with Gasteiger partial charge in [0.25, 0.3) is 0 Å². The lowest BCUT2D eigenvalue weighted by Gasteiger charge is -2.36. The first-order valence-corrected chi connectivity index (χ1v) is 7.93. The van der Waals surface area contributed by atoms with Crippen molar-refractivity contribution in [1.29, 1.82) is 0 Å². The fourth-order valence-electron chi connectivity index (χ4n) is 2.56. The topological polar surface area (TPSA) is 65.1 Å². The Labute approximate surface area is 133 Å². The largest absolute Gasteiger partial charge is 0.467 e. The van der Waals surface area contributed by atoms with Crippen LogP contribution in [0.4, 0.5) is 4.79 Å². The lowest BCUT2D eigenvalue weighted by atomic mass is 9.97. The van der Waals surface area contributed by atoms with E-state index in [-0.39, 0.29) is 6.61 Å². The number of hydrogen-bond donors (Lipinski definition) is 0. The standard InChI is InChI=1S/C16H29NO5/c1-6-7-11-21-12-16(13(18)20-5)9-8-10-17(16)14(19)22-15(2,3)4/h6-12H2,1-5H3/t16-/m1/s1. The monoisotopic (exact) mass is 315 g/mol. The van der Waals surface area contributed by atoms with E-state index in [2.05, 4.69) is 6.92 Å². The molecule has 128 valence electrons. The highest BCUT2D eigenvalue weighted by Gasteiger charge is 2.52. The molecule has 1 heterocycles. The van der Waals surface area contributed by atoms with Gasteiger partial charge in [-0.3, -0.25) is 4.90 Å². The maximum Gasteiger partial charge on any atom is 0.411 e. The summed E-state index contributed by atoms with van der Waals surface area (Å²) in [6, 6.07) is 0. The van der Waals surface area contributed by atoms with Crippen molar-refractivity contribution < 1.29 is 23.8 Å². The molecule has 0 spiro atoms. The van der Waals surface area contributed by atoms with E-state index < -0.39 is 23.2 Å². The summed E-state index contributed by atoms with van der Waals surface area (Å²) in [5.74, 6) is -0.438. The molecule has 1 atom stereocenters. The van der Waals surface area contributed by atoms with Crippen LogP contribution < -0.4 is 0 Å². The van der Waals surface area contributed by atoms with Crippen molar-refractivity contribution in [1.82, 2.24) is 4.90 Å². The Balaban J connectivity index is 2.87. The third kappa shape index (κ3) is 4.60. The molecule has 0 aromatic carbocycles. The molecule has 0 saturated carbocycles. The van der Waals surface area contributed by atoms with Gasteiger partial charge in [-0.1, -0.05) is 13.3 Å². The molecule has 1 amide bonds. The Bertz CT molecular complexity index is 390. The van der Waals surface area contributed by atoms with Gasteiger partial charge in [0.1, 0.15) is 5.60 Å². The van der Waals surface area contributed by atoms with Gasteiger partial charge >= 0.3 is 12.1 Å². The number of unbranched alkanes of at least 4 members (excludes halogenated alkanes) is 1. The molecule has 0 radical (unpaired) electrons. The SMILES string of the molecule is CCCCOC[C@@]1(C(=O)OC)CCCN1C(=O)OC(C)(C)C. The van der Waals surface area contributed by atoms with E-state index in [0.29, 0.717) is 19.6 Å². The summed E-state index contributed by atoms with van der Waals surface area (Å²) >= 11 is 0. The Morgan fingerprint density at radius 1 is 1.27 bits per heavy atom. The normalized spacial score (nSPS) is 21.8. The molecule has 6 nitrogen and oxygen atoms in total. The van der Waals surface area contributed by atoms with Gasteiger partial charge in [0, 0.05) is 13.2 Å². The fraction of sp³-hybridized carbons (Fsp3) is 0.875. The molecule has 0 bridgehead atoms. The van der Waals surface area contributed by atoms with Gasteiger partial charge in [0.15, 0.2) is 5.54 Å². The zero-order valence-electron chi connectivity index (χ0n) is 14.4. The lowest BCUT2D eigenvalue weighted by Crippen LogP contribution is -2.57. The first kappa shape index (κ1) is 18.7. The van der Waals surface area contributed by atoms with E-state index in [0.717, 1.165) is 19.3 Å². The summed E-state index contributed by atoms with van der Waals surface area (Å²) in [4.78, 5) is 26.2. The van der Waals surface area contributed by atoms with Gasteiger partial charge in [-0.05, 0) is 40.0 Å². The molecule has 0 N–H and O–H groups in total. The van der Waals surface area contributed by atoms with Crippen LogP contribution in [0.1, 0.15) is 53.4 Å². The third-order valence-electron chi connectivity index (χ3n) is 3.65. The second-order valence-corrected chi connectivity index (χ2v) is 6.66. The predicted octanol–water partition coefficient (Wildman–Crippen LogP) is 2.75. The van der Waals surface area contributed by atoms with Crippen LogP contribution in [0.2, 0.25) is 0 Å². The summed E-state index contributed by atoms with van der Waals surface area (Å²) in [5, 5.41) is 0. The molecule has 1 rings (SSSR count). The van der Waals surface area contributed by atoms with E-state index in [9.17, 15) is 9.59 Å². The average Bonchev–Trinajstić information content (AvgIpc) is 2.86. The number of methoxy groups -OCH3 is 1. The number of nitrogens with zero attached hydrogens (tertiary/aromatic N) is 1. The van der Waals surface area contributed by atoms with E-state index in [1.807, 2.05) is 0 Å². The van der Waals surface area contributed by atoms with Crippen molar-refractivity contribution in [2.24, 2.45) is 0 Å². The number of esters is 1. The molecule has 1 aliphatic heterocycles. The van der Waals surface area contributed by atoms with Crippen LogP contribution in [0.25, 0.3) is 0 Å². The Kier molecular flexibility index (Phi) is 6.66. The van der Waals surface area contributed by atoms with Crippen molar-refractivity contribution in [3.63, 3.8) is 0 Å². The van der Waals surface area contributed by atoms with Crippen molar-refractivity contribution in [2.75, 3.05) is 26.9 Å². The number of likely N-dealkylation sites (tertiary alicyclic amines) is 1. The average molecular weight is 315 g/mol. The Morgan fingerprint density at radius 3 is 2.50 bits per heavy atom. The summed E-state index contributed by atoms with van der Waals surface area (Å²) in [7, 11) is 1.34. The molecule has 22 heavy (non-hydrogen) atoms. The van der Waals surface area contributed by atoms with E-state index in [4.69, 9.17) is 14.2 Å². The number of ether oxygens (including phenoxy) is 3. The molecule has 6 heteroatoms.